The molecule has 0 saturated carbocycles. The number of benzene rings is 2. The summed E-state index contributed by atoms with van der Waals surface area (Å²) in [6, 6.07) is 10.4. The van der Waals surface area contributed by atoms with Gasteiger partial charge in [-0.3, -0.25) is 9.69 Å². The Morgan fingerprint density at radius 3 is 2.38 bits per heavy atom. The first kappa shape index (κ1) is 23.9. The van der Waals surface area contributed by atoms with Gasteiger partial charge in [-0.25, -0.2) is 0 Å². The average molecular weight is 525 g/mol. The van der Waals surface area contributed by atoms with Crippen molar-refractivity contribution in [3.8, 4) is 0 Å². The minimum Gasteiger partial charge on any atom is -0.466 e. The van der Waals surface area contributed by atoms with Crippen molar-refractivity contribution in [2.24, 2.45) is 0 Å². The number of halogens is 1. The van der Waals surface area contributed by atoms with Gasteiger partial charge in [0.15, 0.2) is 0 Å². The van der Waals surface area contributed by atoms with Gasteiger partial charge in [0.05, 0.1) is 13.0 Å². The van der Waals surface area contributed by atoms with Crippen molar-refractivity contribution in [1.29, 1.82) is 0 Å². The summed E-state index contributed by atoms with van der Waals surface area (Å²) in [5.74, 6) is -0.229. The normalized spacial score (nSPS) is 11.0. The molecule has 0 saturated heterocycles. The standard InChI is InChI=1S/C23H28INO3S/c1-5-28-22(27)13-20-16(2)19(11-12-26)21(17(3)23(20)29-24)15-25(4)14-18-9-7-6-8-10-18/h6-10,12H,5,11,13-15H2,1-4H3. The van der Waals surface area contributed by atoms with Crippen LogP contribution in [0.25, 0.3) is 0 Å². The zero-order valence-corrected chi connectivity index (χ0v) is 20.4. The topological polar surface area (TPSA) is 46.6 Å². The maximum atomic E-state index is 12.2. The van der Waals surface area contributed by atoms with Crippen LogP contribution < -0.4 is 0 Å². The molecule has 2 aromatic carbocycles. The summed E-state index contributed by atoms with van der Waals surface area (Å²) in [7, 11) is 3.72. The van der Waals surface area contributed by atoms with Gasteiger partial charge in [-0.15, -0.1) is 0 Å². The van der Waals surface area contributed by atoms with Crippen LogP contribution in [0.4, 0.5) is 0 Å². The van der Waals surface area contributed by atoms with Crippen molar-refractivity contribution in [1.82, 2.24) is 4.90 Å². The molecule has 0 aliphatic carbocycles. The molecule has 0 radical (unpaired) electrons. The summed E-state index contributed by atoms with van der Waals surface area (Å²) in [5, 5.41) is 0. The van der Waals surface area contributed by atoms with Gasteiger partial charge in [0.25, 0.3) is 0 Å². The van der Waals surface area contributed by atoms with Crippen molar-refractivity contribution >= 4 is 42.4 Å². The molecule has 29 heavy (non-hydrogen) atoms. The van der Waals surface area contributed by atoms with Gasteiger partial charge in [-0.2, -0.15) is 0 Å². The van der Waals surface area contributed by atoms with Crippen LogP contribution in [-0.4, -0.2) is 30.8 Å². The molecule has 4 nitrogen and oxygen atoms in total. The molecule has 0 heterocycles. The van der Waals surface area contributed by atoms with Crippen LogP contribution in [0.15, 0.2) is 35.2 Å². The summed E-state index contributed by atoms with van der Waals surface area (Å²) < 4.78 is 5.17. The third kappa shape index (κ3) is 6.30. The summed E-state index contributed by atoms with van der Waals surface area (Å²) in [5.41, 5.74) is 6.62. The van der Waals surface area contributed by atoms with Crippen molar-refractivity contribution in [2.45, 2.75) is 51.6 Å². The van der Waals surface area contributed by atoms with E-state index in [4.69, 9.17) is 4.74 Å². The quantitative estimate of drug-likeness (QED) is 0.242. The highest BCUT2D eigenvalue weighted by Gasteiger charge is 2.22. The van der Waals surface area contributed by atoms with E-state index in [0.29, 0.717) is 13.0 Å². The van der Waals surface area contributed by atoms with Crippen LogP contribution in [0.2, 0.25) is 0 Å². The molecule has 0 amide bonds. The van der Waals surface area contributed by atoms with Gasteiger partial charge in [0, 0.05) is 45.6 Å². The van der Waals surface area contributed by atoms with E-state index < -0.39 is 0 Å². The highest BCUT2D eigenvalue weighted by Crippen LogP contribution is 2.39. The minimum absolute atomic E-state index is 0.229. The number of aldehydes is 1. The Labute approximate surface area is 190 Å². The second-order valence-corrected chi connectivity index (χ2v) is 8.99. The molecule has 0 spiro atoms. The molecule has 0 atom stereocenters. The first-order valence-corrected chi connectivity index (χ1v) is 13.0. The average Bonchev–Trinajstić information content (AvgIpc) is 2.69. The zero-order chi connectivity index (χ0) is 21.4. The molecule has 0 aliphatic heterocycles. The van der Waals surface area contributed by atoms with E-state index in [-0.39, 0.29) is 12.4 Å². The van der Waals surface area contributed by atoms with E-state index in [1.54, 1.807) is 8.93 Å². The summed E-state index contributed by atoms with van der Waals surface area (Å²) in [6.45, 7) is 7.87. The molecule has 0 aromatic heterocycles. The van der Waals surface area contributed by atoms with Crippen LogP contribution in [0, 0.1) is 13.8 Å². The number of carbonyl (C=O) groups is 2. The number of ether oxygens (including phenoxy) is 1. The molecule has 0 bridgehead atoms. The smallest absolute Gasteiger partial charge is 0.310 e. The van der Waals surface area contributed by atoms with E-state index in [1.165, 1.54) is 11.1 Å². The van der Waals surface area contributed by atoms with Gasteiger partial charge >= 0.3 is 5.97 Å². The third-order valence-corrected chi connectivity index (χ3v) is 7.08. The Bertz CT molecular complexity index is 855. The number of hydrogen-bond donors (Lipinski definition) is 0. The van der Waals surface area contributed by atoms with Crippen molar-refractivity contribution in [2.75, 3.05) is 13.7 Å². The molecule has 0 fully saturated rings. The number of esters is 1. The highest BCUT2D eigenvalue weighted by molar-refractivity contribution is 14.2. The van der Waals surface area contributed by atoms with Gasteiger partial charge in [-0.05, 0) is 61.2 Å². The number of carbonyl (C=O) groups excluding carboxylic acids is 2. The second-order valence-electron chi connectivity index (χ2n) is 7.10. The first-order valence-electron chi connectivity index (χ1n) is 9.66. The molecule has 6 heteroatoms. The number of hydrogen-bond acceptors (Lipinski definition) is 5. The van der Waals surface area contributed by atoms with Gasteiger partial charge in [0.2, 0.25) is 0 Å². The van der Waals surface area contributed by atoms with Crippen LogP contribution in [0.5, 0.6) is 0 Å². The molecule has 2 aromatic rings. The number of rotatable bonds is 10. The molecule has 0 N–H and O–H groups in total. The van der Waals surface area contributed by atoms with Crippen molar-refractivity contribution < 1.29 is 14.3 Å². The SMILES string of the molecule is CCOC(=O)Cc1c(C)c(CC=O)c(CN(C)Cc2ccccc2)c(C)c1SI. The molecular weight excluding hydrogens is 497 g/mol. The Morgan fingerprint density at radius 1 is 1.10 bits per heavy atom. The summed E-state index contributed by atoms with van der Waals surface area (Å²) >= 11 is 2.27. The molecule has 0 aliphatic rings. The Hall–Kier alpha value is -1.38. The van der Waals surface area contributed by atoms with Crippen molar-refractivity contribution in [3.05, 3.63) is 63.7 Å². The van der Waals surface area contributed by atoms with Crippen LogP contribution in [0.1, 0.15) is 40.3 Å². The Morgan fingerprint density at radius 2 is 1.79 bits per heavy atom. The lowest BCUT2D eigenvalue weighted by Gasteiger charge is -2.25. The molecule has 0 unspecified atom stereocenters. The fourth-order valence-corrected chi connectivity index (χ4v) is 5.98. The van der Waals surface area contributed by atoms with Gasteiger partial charge < -0.3 is 9.53 Å². The predicted octanol–water partition coefficient (Wildman–Crippen LogP) is 5.22. The van der Waals surface area contributed by atoms with E-state index in [1.807, 2.05) is 32.0 Å². The van der Waals surface area contributed by atoms with Crippen LogP contribution >= 0.6 is 30.1 Å². The second kappa shape index (κ2) is 11.7. The third-order valence-electron chi connectivity index (χ3n) is 5.05. The minimum atomic E-state index is -0.229. The molecular formula is C23H28INO3S. The number of nitrogens with zero attached hydrogens (tertiary/aromatic N) is 1. The predicted molar refractivity (Wildman–Crippen MR) is 128 cm³/mol. The Kier molecular flexibility index (Phi) is 9.65. The summed E-state index contributed by atoms with van der Waals surface area (Å²) in [4.78, 5) is 27.0. The largest absolute Gasteiger partial charge is 0.466 e. The fourth-order valence-electron chi connectivity index (χ4n) is 3.64. The lowest BCUT2D eigenvalue weighted by Crippen LogP contribution is -2.21. The zero-order valence-electron chi connectivity index (χ0n) is 17.5. The van der Waals surface area contributed by atoms with Crippen molar-refractivity contribution in [3.63, 3.8) is 0 Å². The first-order chi connectivity index (χ1) is 13.9. The maximum absolute atomic E-state index is 12.2. The fraction of sp³-hybridized carbons (Fsp3) is 0.391. The van der Waals surface area contributed by atoms with Gasteiger partial charge in [-0.1, -0.05) is 39.3 Å². The van der Waals surface area contributed by atoms with E-state index in [2.05, 4.69) is 52.2 Å². The van der Waals surface area contributed by atoms with Gasteiger partial charge in [0.1, 0.15) is 6.29 Å². The van der Waals surface area contributed by atoms with Crippen LogP contribution in [-0.2, 0) is 40.3 Å². The lowest BCUT2D eigenvalue weighted by molar-refractivity contribution is -0.142. The lowest BCUT2D eigenvalue weighted by atomic mass is 9.89. The Balaban J connectivity index is 2.43. The monoisotopic (exact) mass is 525 g/mol. The van der Waals surface area contributed by atoms with E-state index >= 15 is 0 Å². The van der Waals surface area contributed by atoms with E-state index in [9.17, 15) is 9.59 Å². The molecule has 156 valence electrons. The van der Waals surface area contributed by atoms with E-state index in [0.717, 1.165) is 46.5 Å². The maximum Gasteiger partial charge on any atom is 0.310 e. The highest BCUT2D eigenvalue weighted by atomic mass is 127. The summed E-state index contributed by atoms with van der Waals surface area (Å²) in [6.07, 6.45) is 1.54. The molecule has 2 rings (SSSR count). The van der Waals surface area contributed by atoms with Crippen LogP contribution in [0.3, 0.4) is 0 Å².